The number of nitrogens with zero attached hydrogens (tertiary/aromatic N) is 4. The van der Waals surface area contributed by atoms with Gasteiger partial charge in [-0.1, -0.05) is 18.0 Å². The summed E-state index contributed by atoms with van der Waals surface area (Å²) in [7, 11) is 1.62. The highest BCUT2D eigenvalue weighted by Gasteiger charge is 2.22. The van der Waals surface area contributed by atoms with E-state index in [-0.39, 0.29) is 6.03 Å². The fourth-order valence-electron chi connectivity index (χ4n) is 3.19. The molecule has 3 rings (SSSR count). The first-order valence-electron chi connectivity index (χ1n) is 9.02. The quantitative estimate of drug-likeness (QED) is 0.784. The van der Waals surface area contributed by atoms with Crippen molar-refractivity contribution in [2.45, 2.75) is 58.0 Å². The van der Waals surface area contributed by atoms with Crippen LogP contribution < -0.4 is 10.6 Å². The van der Waals surface area contributed by atoms with Crippen LogP contribution in [0.25, 0.3) is 0 Å². The summed E-state index contributed by atoms with van der Waals surface area (Å²) in [4.78, 5) is 16.7. The summed E-state index contributed by atoms with van der Waals surface area (Å²) in [6.45, 7) is 4.25. The highest BCUT2D eigenvalue weighted by atomic mass is 16.5. The highest BCUT2D eigenvalue weighted by Crippen LogP contribution is 2.31. The minimum Gasteiger partial charge on any atom is -0.384 e. The molecule has 1 atom stereocenters. The number of aryl methyl sites for hydroxylation is 1. The molecule has 1 fully saturated rings. The van der Waals surface area contributed by atoms with Crippen molar-refractivity contribution in [3.05, 3.63) is 23.5 Å². The number of carbonyl (C=O) groups excluding carboxylic acids is 1. The molecular formula is C17H26N6O3. The lowest BCUT2D eigenvalue weighted by molar-refractivity contribution is 0.199. The molecule has 2 aromatic rings. The highest BCUT2D eigenvalue weighted by molar-refractivity contribution is 5.88. The van der Waals surface area contributed by atoms with Crippen molar-refractivity contribution in [2.75, 3.05) is 19.0 Å². The van der Waals surface area contributed by atoms with Crippen molar-refractivity contribution in [2.24, 2.45) is 0 Å². The molecule has 2 amide bonds. The molecule has 1 unspecified atom stereocenters. The summed E-state index contributed by atoms with van der Waals surface area (Å²) >= 11 is 0. The topological polar surface area (TPSA) is 107 Å². The van der Waals surface area contributed by atoms with Crippen molar-refractivity contribution >= 4 is 11.8 Å². The van der Waals surface area contributed by atoms with Crippen LogP contribution in [0, 0.1) is 6.92 Å². The van der Waals surface area contributed by atoms with Crippen LogP contribution in [0.4, 0.5) is 10.6 Å². The van der Waals surface area contributed by atoms with E-state index in [9.17, 15) is 4.79 Å². The minimum atomic E-state index is -0.400. The van der Waals surface area contributed by atoms with Gasteiger partial charge in [0.15, 0.2) is 5.82 Å². The molecule has 0 aliphatic heterocycles. The zero-order chi connectivity index (χ0) is 18.5. The summed E-state index contributed by atoms with van der Waals surface area (Å²) in [5.74, 6) is 1.64. The van der Waals surface area contributed by atoms with Gasteiger partial charge in [0.25, 0.3) is 0 Å². The maximum absolute atomic E-state index is 12.4. The molecule has 2 N–H and O–H groups in total. The van der Waals surface area contributed by atoms with Crippen molar-refractivity contribution in [3.63, 3.8) is 0 Å². The van der Waals surface area contributed by atoms with Gasteiger partial charge in [0.05, 0.1) is 18.3 Å². The van der Waals surface area contributed by atoms with Gasteiger partial charge in [-0.25, -0.2) is 9.48 Å². The summed E-state index contributed by atoms with van der Waals surface area (Å²) in [5.41, 5.74) is 0.889. The number of urea groups is 1. The number of hydrogen-bond donors (Lipinski definition) is 2. The number of carbonyl (C=O) groups is 1. The van der Waals surface area contributed by atoms with E-state index in [1.807, 2.05) is 17.7 Å². The van der Waals surface area contributed by atoms with Crippen LogP contribution in [0.5, 0.6) is 0 Å². The molecule has 1 aliphatic rings. The monoisotopic (exact) mass is 362 g/mol. The number of aromatic nitrogens is 4. The third-order valence-corrected chi connectivity index (χ3v) is 4.50. The average molecular weight is 362 g/mol. The van der Waals surface area contributed by atoms with Crippen molar-refractivity contribution in [3.8, 4) is 0 Å². The van der Waals surface area contributed by atoms with Crippen LogP contribution in [0.15, 0.2) is 10.6 Å². The summed E-state index contributed by atoms with van der Waals surface area (Å²) in [5, 5.41) is 14.1. The standard InChI is InChI=1S/C17H26N6O3/c1-11-10-15(23(21-11)13-6-4-5-7-13)20-17(24)18-12(2)16-19-14(22-26-16)8-9-25-3/h10,12-13H,4-9H2,1-3H3,(H2,18,20,24). The number of nitrogens with one attached hydrogen (secondary N) is 2. The van der Waals surface area contributed by atoms with Gasteiger partial charge in [-0.3, -0.25) is 5.32 Å². The van der Waals surface area contributed by atoms with Gasteiger partial charge >= 0.3 is 6.03 Å². The SMILES string of the molecule is COCCc1noc(C(C)NC(=O)Nc2cc(C)nn2C2CCCC2)n1. The first-order chi connectivity index (χ1) is 12.6. The number of amides is 2. The number of ether oxygens (including phenoxy) is 1. The Balaban J connectivity index is 1.59. The fraction of sp³-hybridized carbons (Fsp3) is 0.647. The normalized spacial score (nSPS) is 16.0. The van der Waals surface area contributed by atoms with Crippen LogP contribution in [-0.2, 0) is 11.2 Å². The lowest BCUT2D eigenvalue weighted by Gasteiger charge is -2.16. The van der Waals surface area contributed by atoms with Crippen LogP contribution in [-0.4, -0.2) is 39.7 Å². The number of hydrogen-bond acceptors (Lipinski definition) is 6. The molecule has 1 aliphatic carbocycles. The minimum absolute atomic E-state index is 0.326. The molecule has 9 heteroatoms. The van der Waals surface area contributed by atoms with E-state index in [0.717, 1.165) is 18.5 Å². The Bertz CT molecular complexity index is 735. The number of rotatable bonds is 7. The van der Waals surface area contributed by atoms with E-state index in [2.05, 4.69) is 25.9 Å². The first-order valence-corrected chi connectivity index (χ1v) is 9.02. The second kappa shape index (κ2) is 8.31. The molecule has 0 radical (unpaired) electrons. The van der Waals surface area contributed by atoms with Gasteiger partial charge in [0.2, 0.25) is 5.89 Å². The summed E-state index contributed by atoms with van der Waals surface area (Å²) in [6.07, 6.45) is 5.17. The third kappa shape index (κ3) is 4.40. The van der Waals surface area contributed by atoms with Gasteiger partial charge in [-0.05, 0) is 26.7 Å². The first kappa shape index (κ1) is 18.4. The van der Waals surface area contributed by atoms with Gasteiger partial charge in [-0.2, -0.15) is 10.1 Å². The lowest BCUT2D eigenvalue weighted by atomic mass is 10.2. The second-order valence-corrected chi connectivity index (χ2v) is 6.67. The Kier molecular flexibility index (Phi) is 5.87. The third-order valence-electron chi connectivity index (χ3n) is 4.50. The molecule has 0 aromatic carbocycles. The molecule has 2 heterocycles. The molecule has 0 bridgehead atoms. The van der Waals surface area contributed by atoms with E-state index in [0.29, 0.717) is 36.6 Å². The summed E-state index contributed by atoms with van der Waals surface area (Å²) < 4.78 is 12.1. The second-order valence-electron chi connectivity index (χ2n) is 6.67. The molecule has 0 saturated heterocycles. The number of methoxy groups -OCH3 is 1. The Morgan fingerprint density at radius 3 is 2.96 bits per heavy atom. The van der Waals surface area contributed by atoms with E-state index >= 15 is 0 Å². The van der Waals surface area contributed by atoms with Gasteiger partial charge in [-0.15, -0.1) is 0 Å². The van der Waals surface area contributed by atoms with Crippen molar-refractivity contribution < 1.29 is 14.1 Å². The summed E-state index contributed by atoms with van der Waals surface area (Å²) in [6, 6.07) is 1.52. The Labute approximate surface area is 152 Å². The smallest absolute Gasteiger partial charge is 0.321 e. The van der Waals surface area contributed by atoms with Crippen molar-refractivity contribution in [1.29, 1.82) is 0 Å². The van der Waals surface area contributed by atoms with E-state index in [1.165, 1.54) is 12.8 Å². The largest absolute Gasteiger partial charge is 0.384 e. The predicted octanol–water partition coefficient (Wildman–Crippen LogP) is 2.76. The van der Waals surface area contributed by atoms with Gasteiger partial charge in [0, 0.05) is 19.6 Å². The van der Waals surface area contributed by atoms with Gasteiger partial charge in [0.1, 0.15) is 11.9 Å². The van der Waals surface area contributed by atoms with E-state index in [1.54, 1.807) is 14.0 Å². The molecule has 1 saturated carbocycles. The molecule has 142 valence electrons. The molecular weight excluding hydrogens is 336 g/mol. The van der Waals surface area contributed by atoms with Gasteiger partial charge < -0.3 is 14.6 Å². The van der Waals surface area contributed by atoms with Crippen molar-refractivity contribution in [1.82, 2.24) is 25.2 Å². The van der Waals surface area contributed by atoms with Crippen LogP contribution in [0.2, 0.25) is 0 Å². The Morgan fingerprint density at radius 1 is 1.46 bits per heavy atom. The van der Waals surface area contributed by atoms with Crippen LogP contribution >= 0.6 is 0 Å². The average Bonchev–Trinajstić information content (AvgIpc) is 3.33. The van der Waals surface area contributed by atoms with Crippen LogP contribution in [0.3, 0.4) is 0 Å². The zero-order valence-corrected chi connectivity index (χ0v) is 15.5. The zero-order valence-electron chi connectivity index (χ0n) is 15.5. The Morgan fingerprint density at radius 2 is 2.23 bits per heavy atom. The predicted molar refractivity (Wildman–Crippen MR) is 94.9 cm³/mol. The van der Waals surface area contributed by atoms with E-state index in [4.69, 9.17) is 9.26 Å². The maximum Gasteiger partial charge on any atom is 0.321 e. The molecule has 2 aromatic heterocycles. The fourth-order valence-corrected chi connectivity index (χ4v) is 3.19. The maximum atomic E-state index is 12.4. The molecule has 0 spiro atoms. The molecule has 26 heavy (non-hydrogen) atoms. The number of anilines is 1. The van der Waals surface area contributed by atoms with E-state index < -0.39 is 6.04 Å². The lowest BCUT2D eigenvalue weighted by Crippen LogP contribution is -2.32. The Hall–Kier alpha value is -2.42. The van der Waals surface area contributed by atoms with Crippen LogP contribution in [0.1, 0.15) is 62.1 Å². The molecule has 9 nitrogen and oxygen atoms in total.